The summed E-state index contributed by atoms with van der Waals surface area (Å²) in [6.07, 6.45) is 0.147. The van der Waals surface area contributed by atoms with E-state index < -0.39 is 18.7 Å². The number of carbonyl (C=O) groups is 1. The molecule has 0 aliphatic rings. The molecular weight excluding hydrogens is 265 g/mol. The number of hydrogen-bond acceptors (Lipinski definition) is 5. The number of phenolic OH excluding ortho intramolecular Hbond substituents is 1. The van der Waals surface area contributed by atoms with Gasteiger partial charge in [-0.05, 0) is 24.1 Å². The molecule has 0 saturated heterocycles. The third kappa shape index (κ3) is 5.25. The number of aromatic hydroxyl groups is 1. The highest BCUT2D eigenvalue weighted by Crippen LogP contribution is 2.36. The topological polar surface area (TPSA) is 113 Å². The van der Waals surface area contributed by atoms with Crippen molar-refractivity contribution in [1.82, 2.24) is 0 Å². The first-order valence-corrected chi connectivity index (χ1v) is 7.23. The number of nitrogens with two attached hydrogens (primary N) is 1. The molecule has 0 bridgehead atoms. The Kier molecular flexibility index (Phi) is 4.62. The molecule has 0 aliphatic heterocycles. The summed E-state index contributed by atoms with van der Waals surface area (Å²) in [5.74, 6) is -0.863. The maximum Gasteiger partial charge on any atom is 0.377 e. The molecule has 0 unspecified atom stereocenters. The molecule has 1 atom stereocenters. The summed E-state index contributed by atoms with van der Waals surface area (Å²) in [7, 11) is 0. The molecule has 5 N–H and O–H groups in total. The van der Waals surface area contributed by atoms with Crippen molar-refractivity contribution in [1.29, 1.82) is 0 Å². The monoisotopic (exact) mass is 277 g/mol. The maximum absolute atomic E-state index is 11.3. The predicted octanol–water partition coefficient (Wildman–Crippen LogP) is 0.0143. The standard InChI is InChI=1S/C9H12NO5PS/c10-8(9(12)15-16(13,14)17)5-6-1-3-7(11)4-2-6/h1-4,8,11H,5,10H2,(H2,13,14,17)/t8-/m0/s1. The van der Waals surface area contributed by atoms with Gasteiger partial charge in [0.25, 0.3) is 0 Å². The fourth-order valence-electron chi connectivity index (χ4n) is 1.15. The Bertz CT molecular complexity index is 443. The fourth-order valence-corrected chi connectivity index (χ4v) is 1.74. The van der Waals surface area contributed by atoms with Gasteiger partial charge in [-0.1, -0.05) is 12.1 Å². The van der Waals surface area contributed by atoms with Crippen LogP contribution in [0.4, 0.5) is 0 Å². The van der Waals surface area contributed by atoms with Gasteiger partial charge in [0.1, 0.15) is 11.8 Å². The van der Waals surface area contributed by atoms with E-state index in [1.807, 2.05) is 0 Å². The summed E-state index contributed by atoms with van der Waals surface area (Å²) >= 11 is 4.15. The third-order valence-electron chi connectivity index (χ3n) is 1.90. The van der Waals surface area contributed by atoms with Crippen LogP contribution in [-0.2, 0) is 27.5 Å². The van der Waals surface area contributed by atoms with Gasteiger partial charge in [-0.3, -0.25) is 4.79 Å². The number of phenols is 1. The quantitative estimate of drug-likeness (QED) is 0.573. The van der Waals surface area contributed by atoms with E-state index in [9.17, 15) is 4.79 Å². The van der Waals surface area contributed by atoms with Gasteiger partial charge in [-0.25, -0.2) is 0 Å². The van der Waals surface area contributed by atoms with Crippen LogP contribution in [0.1, 0.15) is 5.56 Å². The van der Waals surface area contributed by atoms with Crippen LogP contribution >= 0.6 is 6.72 Å². The first-order valence-electron chi connectivity index (χ1n) is 4.60. The number of benzene rings is 1. The summed E-state index contributed by atoms with van der Waals surface area (Å²) in [6.45, 7) is -4.02. The van der Waals surface area contributed by atoms with Gasteiger partial charge < -0.3 is 25.2 Å². The Hall–Kier alpha value is -0.980. The zero-order valence-corrected chi connectivity index (χ0v) is 10.4. The van der Waals surface area contributed by atoms with Crippen molar-refractivity contribution in [2.75, 3.05) is 0 Å². The molecule has 0 spiro atoms. The van der Waals surface area contributed by atoms with Gasteiger partial charge in [-0.2, -0.15) is 0 Å². The normalized spacial score (nSPS) is 13.1. The molecule has 8 heteroatoms. The van der Waals surface area contributed by atoms with Gasteiger partial charge in [0.2, 0.25) is 0 Å². The third-order valence-corrected chi connectivity index (χ3v) is 2.54. The highest BCUT2D eigenvalue weighted by molar-refractivity contribution is 8.06. The Morgan fingerprint density at radius 1 is 1.41 bits per heavy atom. The van der Waals surface area contributed by atoms with E-state index in [1.165, 1.54) is 12.1 Å². The largest absolute Gasteiger partial charge is 0.508 e. The second-order valence-corrected chi connectivity index (χ2v) is 5.97. The zero-order valence-electron chi connectivity index (χ0n) is 8.68. The minimum Gasteiger partial charge on any atom is -0.508 e. The van der Waals surface area contributed by atoms with Crippen molar-refractivity contribution in [2.24, 2.45) is 5.73 Å². The molecule has 6 nitrogen and oxygen atoms in total. The molecular formula is C9H12NO5PS. The van der Waals surface area contributed by atoms with E-state index >= 15 is 0 Å². The van der Waals surface area contributed by atoms with Crippen LogP contribution in [0.3, 0.4) is 0 Å². The lowest BCUT2D eigenvalue weighted by molar-refractivity contribution is -0.136. The molecule has 1 aromatic rings. The van der Waals surface area contributed by atoms with E-state index in [-0.39, 0.29) is 12.2 Å². The molecule has 0 aromatic heterocycles. The van der Waals surface area contributed by atoms with Gasteiger partial charge in [0.15, 0.2) is 0 Å². The van der Waals surface area contributed by atoms with Crippen molar-refractivity contribution in [3.63, 3.8) is 0 Å². The fraction of sp³-hybridized carbons (Fsp3) is 0.222. The van der Waals surface area contributed by atoms with Crippen LogP contribution in [0.2, 0.25) is 0 Å². The first-order chi connectivity index (χ1) is 7.78. The van der Waals surface area contributed by atoms with E-state index in [2.05, 4.69) is 16.3 Å². The van der Waals surface area contributed by atoms with Gasteiger partial charge in [-0.15, -0.1) is 0 Å². The second-order valence-electron chi connectivity index (χ2n) is 3.38. The van der Waals surface area contributed by atoms with Gasteiger partial charge in [0.05, 0.1) is 0 Å². The van der Waals surface area contributed by atoms with Crippen molar-refractivity contribution >= 4 is 24.5 Å². The number of carbonyl (C=O) groups excluding carboxylic acids is 1. The lowest BCUT2D eigenvalue weighted by atomic mass is 10.1. The molecule has 17 heavy (non-hydrogen) atoms. The van der Waals surface area contributed by atoms with E-state index in [4.69, 9.17) is 20.6 Å². The summed E-state index contributed by atoms with van der Waals surface area (Å²) in [6, 6.07) is 5.06. The van der Waals surface area contributed by atoms with Crippen LogP contribution in [-0.4, -0.2) is 26.9 Å². The van der Waals surface area contributed by atoms with Crippen molar-refractivity contribution in [3.8, 4) is 5.75 Å². The van der Waals surface area contributed by atoms with Crippen LogP contribution < -0.4 is 5.73 Å². The Morgan fingerprint density at radius 3 is 2.41 bits per heavy atom. The van der Waals surface area contributed by atoms with Crippen molar-refractivity contribution < 1.29 is 24.2 Å². The molecule has 0 heterocycles. The van der Waals surface area contributed by atoms with Crippen LogP contribution in [0.25, 0.3) is 0 Å². The molecule has 0 aliphatic carbocycles. The number of rotatable bonds is 4. The average Bonchev–Trinajstić information content (AvgIpc) is 2.19. The highest BCUT2D eigenvalue weighted by Gasteiger charge is 2.22. The second kappa shape index (κ2) is 5.57. The molecule has 1 aromatic carbocycles. The minimum absolute atomic E-state index is 0.103. The molecule has 0 radical (unpaired) electrons. The first kappa shape index (κ1) is 14.1. The maximum atomic E-state index is 11.3. The molecule has 94 valence electrons. The summed E-state index contributed by atoms with van der Waals surface area (Å²) in [5.41, 5.74) is 6.21. The van der Waals surface area contributed by atoms with Crippen molar-refractivity contribution in [2.45, 2.75) is 12.5 Å². The molecule has 0 amide bonds. The zero-order chi connectivity index (χ0) is 13.1. The molecule has 0 saturated carbocycles. The summed E-state index contributed by atoms with van der Waals surface area (Å²) in [4.78, 5) is 28.9. The SMILES string of the molecule is N[C@@H](Cc1ccc(O)cc1)C(=O)OP(O)(O)=S. The Morgan fingerprint density at radius 2 is 1.94 bits per heavy atom. The van der Waals surface area contributed by atoms with Crippen molar-refractivity contribution in [3.05, 3.63) is 29.8 Å². The number of hydrogen-bond donors (Lipinski definition) is 4. The lowest BCUT2D eigenvalue weighted by Gasteiger charge is -2.13. The van der Waals surface area contributed by atoms with Crippen LogP contribution in [0, 0.1) is 0 Å². The smallest absolute Gasteiger partial charge is 0.377 e. The van der Waals surface area contributed by atoms with E-state index in [0.717, 1.165) is 0 Å². The molecule has 1 rings (SSSR count). The molecule has 0 fully saturated rings. The van der Waals surface area contributed by atoms with Gasteiger partial charge in [0, 0.05) is 11.8 Å². The average molecular weight is 277 g/mol. The Balaban J connectivity index is 2.60. The predicted molar refractivity (Wildman–Crippen MR) is 64.6 cm³/mol. The lowest BCUT2D eigenvalue weighted by Crippen LogP contribution is -2.33. The summed E-state index contributed by atoms with van der Waals surface area (Å²) < 4.78 is 4.22. The Labute approximate surface area is 103 Å². The van der Waals surface area contributed by atoms with E-state index in [0.29, 0.717) is 5.56 Å². The summed E-state index contributed by atoms with van der Waals surface area (Å²) in [5, 5.41) is 9.05. The van der Waals surface area contributed by atoms with E-state index in [1.54, 1.807) is 12.1 Å². The van der Waals surface area contributed by atoms with Gasteiger partial charge >= 0.3 is 12.7 Å². The van der Waals surface area contributed by atoms with Crippen LogP contribution in [0.15, 0.2) is 24.3 Å². The highest BCUT2D eigenvalue weighted by atomic mass is 32.5. The van der Waals surface area contributed by atoms with Crippen LogP contribution in [0.5, 0.6) is 5.75 Å². The minimum atomic E-state index is -4.02.